The van der Waals surface area contributed by atoms with Crippen LogP contribution in [0.2, 0.25) is 0 Å². The van der Waals surface area contributed by atoms with Crippen molar-refractivity contribution in [3.05, 3.63) is 11.8 Å². The Morgan fingerprint density at radius 3 is 2.75 bits per heavy atom. The SMILES string of the molecule is CN(CC1CCOC1)C(C)(C)C(=O)Nc1cc(C(C)(C)CO)no1. The lowest BCUT2D eigenvalue weighted by molar-refractivity contribution is -0.126. The molecule has 0 spiro atoms. The number of hydrogen-bond acceptors (Lipinski definition) is 6. The first kappa shape index (κ1) is 18.9. The molecule has 2 N–H and O–H groups in total. The topological polar surface area (TPSA) is 87.8 Å². The molecule has 1 unspecified atom stereocenters. The molecule has 7 heteroatoms. The number of hydrogen-bond donors (Lipinski definition) is 2. The van der Waals surface area contributed by atoms with Crippen LogP contribution in [-0.2, 0) is 14.9 Å². The molecular formula is C17H29N3O4. The van der Waals surface area contributed by atoms with Gasteiger partial charge in [-0.3, -0.25) is 15.0 Å². The normalized spacial score (nSPS) is 19.0. The van der Waals surface area contributed by atoms with E-state index in [-0.39, 0.29) is 12.5 Å². The van der Waals surface area contributed by atoms with Crippen molar-refractivity contribution >= 4 is 11.8 Å². The Bertz CT molecular complexity index is 562. The highest BCUT2D eigenvalue weighted by molar-refractivity contribution is 5.96. The number of nitrogens with zero attached hydrogens (tertiary/aromatic N) is 2. The summed E-state index contributed by atoms with van der Waals surface area (Å²) in [5.41, 5.74) is -0.599. The van der Waals surface area contributed by atoms with Crippen LogP contribution in [0.1, 0.15) is 39.8 Å². The average molecular weight is 339 g/mol. The van der Waals surface area contributed by atoms with Crippen molar-refractivity contribution in [2.24, 2.45) is 5.92 Å². The summed E-state index contributed by atoms with van der Waals surface area (Å²) in [4.78, 5) is 14.7. The molecule has 1 aliphatic heterocycles. The Kier molecular flexibility index (Phi) is 5.67. The van der Waals surface area contributed by atoms with Gasteiger partial charge in [0.2, 0.25) is 11.8 Å². The number of aliphatic hydroxyl groups excluding tert-OH is 1. The lowest BCUT2D eigenvalue weighted by Gasteiger charge is -2.35. The molecule has 0 saturated carbocycles. The molecule has 2 rings (SSSR count). The molecule has 1 aromatic rings. The molecule has 1 fully saturated rings. The third-order valence-corrected chi connectivity index (χ3v) is 4.90. The van der Waals surface area contributed by atoms with Crippen LogP contribution in [0.15, 0.2) is 10.6 Å². The van der Waals surface area contributed by atoms with E-state index in [1.54, 1.807) is 6.07 Å². The average Bonchev–Trinajstić information content (AvgIpc) is 3.19. The van der Waals surface area contributed by atoms with Gasteiger partial charge in [0.15, 0.2) is 0 Å². The molecule has 1 aliphatic rings. The molecule has 7 nitrogen and oxygen atoms in total. The number of anilines is 1. The van der Waals surface area contributed by atoms with Crippen molar-refractivity contribution in [3.8, 4) is 0 Å². The molecule has 0 radical (unpaired) electrons. The lowest BCUT2D eigenvalue weighted by Crippen LogP contribution is -2.52. The van der Waals surface area contributed by atoms with Gasteiger partial charge in [0.05, 0.1) is 24.4 Å². The molecule has 1 amide bonds. The summed E-state index contributed by atoms with van der Waals surface area (Å²) < 4.78 is 10.6. The molecule has 1 atom stereocenters. The summed E-state index contributed by atoms with van der Waals surface area (Å²) in [6.45, 7) is 9.79. The second kappa shape index (κ2) is 7.21. The number of carbonyl (C=O) groups is 1. The zero-order valence-electron chi connectivity index (χ0n) is 15.3. The van der Waals surface area contributed by atoms with Gasteiger partial charge in [-0.2, -0.15) is 0 Å². The van der Waals surface area contributed by atoms with Crippen LogP contribution in [-0.4, -0.2) is 60.0 Å². The van der Waals surface area contributed by atoms with Crippen molar-refractivity contribution in [2.45, 2.75) is 45.1 Å². The van der Waals surface area contributed by atoms with Crippen LogP contribution in [0.3, 0.4) is 0 Å². The number of rotatable bonds is 7. The van der Waals surface area contributed by atoms with Gasteiger partial charge in [-0.15, -0.1) is 0 Å². The lowest BCUT2D eigenvalue weighted by atomic mass is 9.91. The first-order chi connectivity index (χ1) is 11.2. The largest absolute Gasteiger partial charge is 0.395 e. The summed E-state index contributed by atoms with van der Waals surface area (Å²) in [5.74, 6) is 0.597. The zero-order chi connectivity index (χ0) is 18.0. The second-order valence-corrected chi connectivity index (χ2v) is 7.74. The Balaban J connectivity index is 1.99. The molecule has 1 aromatic heterocycles. The number of carbonyl (C=O) groups excluding carboxylic acids is 1. The third-order valence-electron chi connectivity index (χ3n) is 4.90. The first-order valence-corrected chi connectivity index (χ1v) is 8.35. The van der Waals surface area contributed by atoms with E-state index in [0.29, 0.717) is 17.5 Å². The zero-order valence-corrected chi connectivity index (χ0v) is 15.3. The minimum absolute atomic E-state index is 0.0510. The fraction of sp³-hybridized carbons (Fsp3) is 0.765. The standard InChI is InChI=1S/C17H29N3O4/c1-16(2,11-21)13-8-14(24-19-13)18-15(22)17(3,4)20(5)9-12-6-7-23-10-12/h8,12,21H,6-7,9-11H2,1-5H3,(H,18,22). The Labute approximate surface area is 143 Å². The molecule has 0 bridgehead atoms. The third kappa shape index (κ3) is 4.15. The summed E-state index contributed by atoms with van der Waals surface area (Å²) in [5, 5.41) is 16.1. The van der Waals surface area contributed by atoms with Crippen LogP contribution in [0.4, 0.5) is 5.88 Å². The Morgan fingerprint density at radius 1 is 1.46 bits per heavy atom. The van der Waals surface area contributed by atoms with Crippen molar-refractivity contribution in [3.63, 3.8) is 0 Å². The number of amides is 1. The Morgan fingerprint density at radius 2 is 2.17 bits per heavy atom. The van der Waals surface area contributed by atoms with E-state index in [0.717, 1.165) is 26.2 Å². The van der Waals surface area contributed by atoms with Crippen molar-refractivity contribution < 1.29 is 19.2 Å². The van der Waals surface area contributed by atoms with Crippen LogP contribution >= 0.6 is 0 Å². The van der Waals surface area contributed by atoms with Crippen molar-refractivity contribution in [2.75, 3.05) is 38.7 Å². The molecule has 136 valence electrons. The van der Waals surface area contributed by atoms with Gasteiger partial charge < -0.3 is 14.4 Å². The predicted octanol–water partition coefficient (Wildman–Crippen LogP) is 1.63. The van der Waals surface area contributed by atoms with Gasteiger partial charge in [0.25, 0.3) is 0 Å². The smallest absolute Gasteiger partial charge is 0.246 e. The van der Waals surface area contributed by atoms with Gasteiger partial charge in [0, 0.05) is 24.6 Å². The second-order valence-electron chi connectivity index (χ2n) is 7.74. The van der Waals surface area contributed by atoms with Crippen LogP contribution < -0.4 is 5.32 Å². The number of likely N-dealkylation sites (N-methyl/N-ethyl adjacent to an activating group) is 1. The maximum absolute atomic E-state index is 12.7. The molecular weight excluding hydrogens is 310 g/mol. The maximum atomic E-state index is 12.7. The fourth-order valence-corrected chi connectivity index (χ4v) is 2.52. The van der Waals surface area contributed by atoms with E-state index in [2.05, 4.69) is 10.5 Å². The number of nitrogens with one attached hydrogen (secondary N) is 1. The van der Waals surface area contributed by atoms with Crippen LogP contribution in [0.25, 0.3) is 0 Å². The number of aliphatic hydroxyl groups is 1. The van der Waals surface area contributed by atoms with Crippen molar-refractivity contribution in [1.29, 1.82) is 0 Å². The van der Waals surface area contributed by atoms with Crippen LogP contribution in [0.5, 0.6) is 0 Å². The van der Waals surface area contributed by atoms with Gasteiger partial charge >= 0.3 is 0 Å². The van der Waals surface area contributed by atoms with Gasteiger partial charge in [0.1, 0.15) is 0 Å². The van der Waals surface area contributed by atoms with Gasteiger partial charge in [-0.25, -0.2) is 0 Å². The van der Waals surface area contributed by atoms with E-state index < -0.39 is 11.0 Å². The van der Waals surface area contributed by atoms with Crippen molar-refractivity contribution in [1.82, 2.24) is 10.1 Å². The fourth-order valence-electron chi connectivity index (χ4n) is 2.52. The monoisotopic (exact) mass is 339 g/mol. The van der Waals surface area contributed by atoms with E-state index in [9.17, 15) is 9.90 Å². The quantitative estimate of drug-likeness (QED) is 0.785. The number of aromatic nitrogens is 1. The predicted molar refractivity (Wildman–Crippen MR) is 90.9 cm³/mol. The Hall–Kier alpha value is -1.44. The van der Waals surface area contributed by atoms with E-state index in [1.165, 1.54) is 0 Å². The maximum Gasteiger partial charge on any atom is 0.246 e. The molecule has 0 aromatic carbocycles. The van der Waals surface area contributed by atoms with Gasteiger partial charge in [-0.05, 0) is 33.2 Å². The highest BCUT2D eigenvalue weighted by atomic mass is 16.5. The summed E-state index contributed by atoms with van der Waals surface area (Å²) >= 11 is 0. The number of ether oxygens (including phenoxy) is 1. The van der Waals surface area contributed by atoms with E-state index in [1.807, 2.05) is 39.6 Å². The molecule has 24 heavy (non-hydrogen) atoms. The summed E-state index contributed by atoms with van der Waals surface area (Å²) in [6.07, 6.45) is 1.03. The molecule has 0 aliphatic carbocycles. The minimum atomic E-state index is -0.692. The highest BCUT2D eigenvalue weighted by Gasteiger charge is 2.35. The van der Waals surface area contributed by atoms with Gasteiger partial charge in [-0.1, -0.05) is 19.0 Å². The first-order valence-electron chi connectivity index (χ1n) is 8.35. The minimum Gasteiger partial charge on any atom is -0.395 e. The highest BCUT2D eigenvalue weighted by Crippen LogP contribution is 2.25. The van der Waals surface area contributed by atoms with E-state index in [4.69, 9.17) is 9.26 Å². The van der Waals surface area contributed by atoms with E-state index >= 15 is 0 Å². The summed E-state index contributed by atoms with van der Waals surface area (Å²) in [7, 11) is 1.94. The summed E-state index contributed by atoms with van der Waals surface area (Å²) in [6, 6.07) is 1.66. The van der Waals surface area contributed by atoms with Crippen LogP contribution in [0, 0.1) is 5.92 Å². The molecule has 1 saturated heterocycles. The molecule has 2 heterocycles.